The Morgan fingerprint density at radius 1 is 1.45 bits per heavy atom. The van der Waals surface area contributed by atoms with Crippen molar-refractivity contribution in [2.75, 3.05) is 0 Å². The van der Waals surface area contributed by atoms with E-state index in [1.54, 1.807) is 0 Å². The number of nitro benzene ring substituents is 1. The van der Waals surface area contributed by atoms with E-state index in [9.17, 15) is 15.2 Å². The zero-order chi connectivity index (χ0) is 8.43. The first kappa shape index (κ1) is 7.81. The van der Waals surface area contributed by atoms with Crippen LogP contribution < -0.4 is 5.11 Å². The molecule has 0 aromatic heterocycles. The fourth-order valence-electron chi connectivity index (χ4n) is 0.633. The fourth-order valence-corrected chi connectivity index (χ4v) is 0.800. The van der Waals surface area contributed by atoms with Crippen LogP contribution in [-0.4, -0.2) is 4.92 Å². The topological polar surface area (TPSA) is 66.2 Å². The lowest BCUT2D eigenvalue weighted by Gasteiger charge is -2.04. The predicted molar refractivity (Wildman–Crippen MR) is 37.6 cm³/mol. The molecule has 0 bridgehead atoms. The van der Waals surface area contributed by atoms with Crippen LogP contribution in [0.5, 0.6) is 5.75 Å². The summed E-state index contributed by atoms with van der Waals surface area (Å²) in [6, 6.07) is 3.42. The molecule has 0 spiro atoms. The third-order valence-corrected chi connectivity index (χ3v) is 1.35. The van der Waals surface area contributed by atoms with Gasteiger partial charge in [-0.2, -0.15) is 0 Å². The van der Waals surface area contributed by atoms with Gasteiger partial charge in [0.1, 0.15) is 0 Å². The van der Waals surface area contributed by atoms with Crippen molar-refractivity contribution in [3.8, 4) is 5.75 Å². The lowest BCUT2D eigenvalue weighted by Crippen LogP contribution is -1.96. The van der Waals surface area contributed by atoms with Crippen LogP contribution >= 0.6 is 11.6 Å². The van der Waals surface area contributed by atoms with E-state index in [0.29, 0.717) is 0 Å². The molecule has 5 heteroatoms. The molecule has 1 aromatic rings. The minimum atomic E-state index is -0.756. The normalized spacial score (nSPS) is 9.55. The Bertz CT molecular complexity index is 300. The Kier molecular flexibility index (Phi) is 1.96. The van der Waals surface area contributed by atoms with Gasteiger partial charge in [0.2, 0.25) is 0 Å². The Hall–Kier alpha value is -1.29. The van der Waals surface area contributed by atoms with Crippen molar-refractivity contribution in [2.24, 2.45) is 0 Å². The summed E-state index contributed by atoms with van der Waals surface area (Å²) in [5, 5.41) is 21.0. The van der Waals surface area contributed by atoms with Crippen molar-refractivity contribution in [3.05, 3.63) is 33.3 Å². The van der Waals surface area contributed by atoms with E-state index in [-0.39, 0.29) is 5.02 Å². The van der Waals surface area contributed by atoms with Crippen molar-refractivity contribution in [2.45, 2.75) is 0 Å². The quantitative estimate of drug-likeness (QED) is 0.474. The van der Waals surface area contributed by atoms with E-state index < -0.39 is 16.4 Å². The van der Waals surface area contributed by atoms with Crippen molar-refractivity contribution in [1.82, 2.24) is 0 Å². The molecular formula is C6H3ClNO3-. The largest absolute Gasteiger partial charge is 0.868 e. The van der Waals surface area contributed by atoms with Crippen LogP contribution in [0.1, 0.15) is 0 Å². The average Bonchev–Trinajstić information content (AvgIpc) is 1.94. The van der Waals surface area contributed by atoms with Gasteiger partial charge in [-0.15, -0.1) is 0 Å². The van der Waals surface area contributed by atoms with Gasteiger partial charge in [0.15, 0.2) is 0 Å². The van der Waals surface area contributed by atoms with E-state index in [1.807, 2.05) is 0 Å². The standard InChI is InChI=1S/C6H4ClNO3/c7-4-1-2-6(9)5(3-4)8(10)11/h1-3,9H/p-1. The maximum Gasteiger partial charge on any atom is 0.263 e. The van der Waals surface area contributed by atoms with Gasteiger partial charge in [0.05, 0.1) is 4.92 Å². The number of rotatable bonds is 1. The highest BCUT2D eigenvalue weighted by Crippen LogP contribution is 2.25. The zero-order valence-electron chi connectivity index (χ0n) is 5.28. The fraction of sp³-hybridized carbons (Fsp3) is 0. The maximum atomic E-state index is 10.7. The Morgan fingerprint density at radius 2 is 2.09 bits per heavy atom. The van der Waals surface area contributed by atoms with E-state index in [1.165, 1.54) is 6.07 Å². The molecule has 0 aliphatic heterocycles. The van der Waals surface area contributed by atoms with Crippen LogP contribution in [0.2, 0.25) is 5.02 Å². The van der Waals surface area contributed by atoms with Crippen molar-refractivity contribution in [1.29, 1.82) is 0 Å². The van der Waals surface area contributed by atoms with E-state index in [2.05, 4.69) is 0 Å². The summed E-state index contributed by atoms with van der Waals surface area (Å²) in [5.41, 5.74) is -0.488. The second kappa shape index (κ2) is 2.75. The molecule has 1 rings (SSSR count). The molecule has 58 valence electrons. The van der Waals surface area contributed by atoms with E-state index >= 15 is 0 Å². The third kappa shape index (κ3) is 1.59. The van der Waals surface area contributed by atoms with Crippen molar-refractivity contribution in [3.63, 3.8) is 0 Å². The number of halogens is 1. The molecule has 11 heavy (non-hydrogen) atoms. The summed E-state index contributed by atoms with van der Waals surface area (Å²) >= 11 is 5.42. The number of hydrogen-bond donors (Lipinski definition) is 0. The Balaban J connectivity index is 3.23. The molecule has 0 amide bonds. The Morgan fingerprint density at radius 3 is 2.55 bits per heavy atom. The van der Waals surface area contributed by atoms with Crippen LogP contribution in [0.25, 0.3) is 0 Å². The Labute approximate surface area is 67.2 Å². The first-order valence-corrected chi connectivity index (χ1v) is 3.10. The SMILES string of the molecule is O=[N+]([O-])c1cc(Cl)ccc1[O-]. The summed E-state index contributed by atoms with van der Waals surface area (Å²) in [4.78, 5) is 9.37. The summed E-state index contributed by atoms with van der Waals surface area (Å²) in [6.45, 7) is 0. The molecule has 0 heterocycles. The van der Waals surface area contributed by atoms with Gasteiger partial charge >= 0.3 is 0 Å². The second-order valence-electron chi connectivity index (χ2n) is 1.87. The van der Waals surface area contributed by atoms with Gasteiger partial charge in [-0.05, 0) is 11.8 Å². The minimum absolute atomic E-state index is 0.191. The van der Waals surface area contributed by atoms with Crippen molar-refractivity contribution < 1.29 is 10.0 Å². The maximum absolute atomic E-state index is 10.7. The van der Waals surface area contributed by atoms with Gasteiger partial charge in [0.25, 0.3) is 5.69 Å². The highest BCUT2D eigenvalue weighted by molar-refractivity contribution is 6.30. The van der Waals surface area contributed by atoms with Crippen LogP contribution in [0.15, 0.2) is 18.2 Å². The highest BCUT2D eigenvalue weighted by atomic mass is 35.5. The van der Waals surface area contributed by atoms with Gasteiger partial charge in [-0.1, -0.05) is 17.7 Å². The smallest absolute Gasteiger partial charge is 0.263 e. The first-order chi connectivity index (χ1) is 5.11. The van der Waals surface area contributed by atoms with Crippen molar-refractivity contribution >= 4 is 17.3 Å². The van der Waals surface area contributed by atoms with Crippen LogP contribution in [-0.2, 0) is 0 Å². The molecule has 0 saturated carbocycles. The number of nitrogens with zero attached hydrogens (tertiary/aromatic N) is 1. The number of nitro groups is 1. The van der Waals surface area contributed by atoms with Gasteiger partial charge in [0, 0.05) is 11.1 Å². The average molecular weight is 173 g/mol. The van der Waals surface area contributed by atoms with Crippen LogP contribution in [0.4, 0.5) is 5.69 Å². The molecule has 0 N–H and O–H groups in total. The zero-order valence-corrected chi connectivity index (χ0v) is 6.04. The first-order valence-electron chi connectivity index (χ1n) is 2.72. The molecule has 4 nitrogen and oxygen atoms in total. The predicted octanol–water partition coefficient (Wildman–Crippen LogP) is 1.32. The molecule has 0 unspecified atom stereocenters. The summed E-state index contributed by atoms with van der Waals surface area (Å²) < 4.78 is 0. The molecule has 1 aromatic carbocycles. The van der Waals surface area contributed by atoms with Gasteiger partial charge < -0.3 is 5.11 Å². The molecule has 0 radical (unpaired) electrons. The number of benzene rings is 1. The third-order valence-electron chi connectivity index (χ3n) is 1.12. The molecular weight excluding hydrogens is 170 g/mol. The summed E-state index contributed by atoms with van der Waals surface area (Å²) in [7, 11) is 0. The molecule has 0 aliphatic carbocycles. The van der Waals surface area contributed by atoms with Gasteiger partial charge in [-0.3, -0.25) is 10.1 Å². The van der Waals surface area contributed by atoms with E-state index in [4.69, 9.17) is 11.6 Å². The summed E-state index contributed by atoms with van der Waals surface area (Å²) in [6.07, 6.45) is 0. The lowest BCUT2D eigenvalue weighted by atomic mass is 10.3. The van der Waals surface area contributed by atoms with Gasteiger partial charge in [-0.25, -0.2) is 0 Å². The number of hydrogen-bond acceptors (Lipinski definition) is 3. The highest BCUT2D eigenvalue weighted by Gasteiger charge is 2.05. The lowest BCUT2D eigenvalue weighted by molar-refractivity contribution is -0.398. The molecule has 0 aliphatic rings. The molecule has 0 fully saturated rings. The van der Waals surface area contributed by atoms with Crippen LogP contribution in [0, 0.1) is 10.1 Å². The van der Waals surface area contributed by atoms with Crippen LogP contribution in [0.3, 0.4) is 0 Å². The second-order valence-corrected chi connectivity index (χ2v) is 2.31. The van der Waals surface area contributed by atoms with E-state index in [0.717, 1.165) is 12.1 Å². The molecule has 0 atom stereocenters. The summed E-state index contributed by atoms with van der Waals surface area (Å²) in [5.74, 6) is -0.626. The minimum Gasteiger partial charge on any atom is -0.868 e. The monoisotopic (exact) mass is 172 g/mol. The molecule has 0 saturated heterocycles.